The van der Waals surface area contributed by atoms with Crippen molar-refractivity contribution in [3.8, 4) is 11.4 Å². The molecule has 2 heterocycles. The molecule has 1 N–H and O–H groups in total. The molecule has 1 saturated heterocycles. The summed E-state index contributed by atoms with van der Waals surface area (Å²) in [7, 11) is 3.92. The topological polar surface area (TPSA) is 74.1 Å². The molecule has 0 amide bonds. The van der Waals surface area contributed by atoms with E-state index in [4.69, 9.17) is 9.47 Å². The number of hydrogen-bond donors (Lipinski definition) is 1. The van der Waals surface area contributed by atoms with Crippen LogP contribution in [0.25, 0.3) is 5.69 Å². The Morgan fingerprint density at radius 3 is 2.75 bits per heavy atom. The fourth-order valence-corrected chi connectivity index (χ4v) is 2.82. The van der Waals surface area contributed by atoms with Crippen molar-refractivity contribution in [2.75, 3.05) is 25.6 Å². The van der Waals surface area contributed by atoms with Crippen molar-refractivity contribution in [3.05, 3.63) is 17.7 Å². The first-order valence-corrected chi connectivity index (χ1v) is 8.32. The van der Waals surface area contributed by atoms with Gasteiger partial charge in [-0.1, -0.05) is 31.3 Å². The molecule has 0 bridgehead atoms. The summed E-state index contributed by atoms with van der Waals surface area (Å²) in [6.07, 6.45) is 1.13. The van der Waals surface area contributed by atoms with Crippen LogP contribution in [-0.2, 0) is 10.2 Å². The Bertz CT molecular complexity index is 727. The Labute approximate surface area is 143 Å². The van der Waals surface area contributed by atoms with Gasteiger partial charge in [0.2, 0.25) is 5.95 Å². The average molecular weight is 329 g/mol. The Morgan fingerprint density at radius 1 is 1.42 bits per heavy atom. The van der Waals surface area contributed by atoms with Crippen molar-refractivity contribution >= 4 is 19.3 Å². The lowest BCUT2D eigenvalue weighted by Gasteiger charge is -2.30. The van der Waals surface area contributed by atoms with E-state index in [0.29, 0.717) is 19.2 Å². The number of nitrogens with zero attached hydrogens (tertiary/aromatic N) is 4. The van der Waals surface area contributed by atoms with Crippen LogP contribution in [0.4, 0.5) is 5.95 Å². The van der Waals surface area contributed by atoms with Gasteiger partial charge < -0.3 is 14.8 Å². The molecule has 128 valence electrons. The second-order valence-electron chi connectivity index (χ2n) is 6.81. The van der Waals surface area contributed by atoms with Gasteiger partial charge in [-0.15, -0.1) is 0 Å². The molecule has 2 aromatic rings. The third-order valence-corrected chi connectivity index (χ3v) is 4.74. The minimum atomic E-state index is 0.0603. The summed E-state index contributed by atoms with van der Waals surface area (Å²) >= 11 is 0. The molecular formula is C16H24BN5O2. The van der Waals surface area contributed by atoms with Crippen LogP contribution in [0.5, 0.6) is 5.75 Å². The van der Waals surface area contributed by atoms with Crippen molar-refractivity contribution < 1.29 is 9.47 Å². The molecule has 1 aliphatic rings. The maximum atomic E-state index is 6.12. The second kappa shape index (κ2) is 6.43. The van der Waals surface area contributed by atoms with Crippen LogP contribution >= 0.6 is 0 Å². The van der Waals surface area contributed by atoms with Gasteiger partial charge in [0.15, 0.2) is 0 Å². The van der Waals surface area contributed by atoms with Crippen LogP contribution in [0.1, 0.15) is 32.8 Å². The number of nitrogens with one attached hydrogen (secondary N) is 1. The maximum Gasteiger partial charge on any atom is 0.247 e. The minimum Gasteiger partial charge on any atom is -0.483 e. The lowest BCUT2D eigenvalue weighted by Crippen LogP contribution is -2.39. The highest BCUT2D eigenvalue weighted by Crippen LogP contribution is 2.32. The summed E-state index contributed by atoms with van der Waals surface area (Å²) in [5.41, 5.74) is 3.39. The second-order valence-corrected chi connectivity index (χ2v) is 6.81. The fraction of sp³-hybridized carbons (Fsp3) is 0.562. The zero-order chi connectivity index (χ0) is 17.3. The highest BCUT2D eigenvalue weighted by atomic mass is 16.6. The van der Waals surface area contributed by atoms with Gasteiger partial charge in [0.1, 0.15) is 25.4 Å². The Morgan fingerprint density at radius 2 is 2.17 bits per heavy atom. The summed E-state index contributed by atoms with van der Waals surface area (Å²) in [4.78, 5) is 0. The summed E-state index contributed by atoms with van der Waals surface area (Å²) < 4.78 is 13.0. The van der Waals surface area contributed by atoms with E-state index < -0.39 is 0 Å². The molecule has 1 aliphatic heterocycles. The SMILES string of the molecule is Bc1cc(OC2COC2)c(-n2nnnc2NC)cc1C(C)(C)CC. The third kappa shape index (κ3) is 2.98. The molecule has 24 heavy (non-hydrogen) atoms. The largest absolute Gasteiger partial charge is 0.483 e. The molecule has 0 saturated carbocycles. The number of aromatic nitrogens is 4. The van der Waals surface area contributed by atoms with Crippen LogP contribution in [-0.4, -0.2) is 54.4 Å². The van der Waals surface area contributed by atoms with Gasteiger partial charge >= 0.3 is 0 Å². The van der Waals surface area contributed by atoms with E-state index in [2.05, 4.69) is 61.6 Å². The zero-order valence-electron chi connectivity index (χ0n) is 15.0. The molecule has 3 rings (SSSR count). The quantitative estimate of drug-likeness (QED) is 0.775. The predicted molar refractivity (Wildman–Crippen MR) is 95.4 cm³/mol. The number of benzene rings is 1. The number of hydrogen-bond acceptors (Lipinski definition) is 6. The average Bonchev–Trinajstić information content (AvgIpc) is 2.99. The number of rotatable bonds is 6. The minimum absolute atomic E-state index is 0.0603. The summed E-state index contributed by atoms with van der Waals surface area (Å²) in [6, 6.07) is 4.23. The van der Waals surface area contributed by atoms with Gasteiger partial charge in [0.05, 0.1) is 13.2 Å². The third-order valence-electron chi connectivity index (χ3n) is 4.74. The lowest BCUT2D eigenvalue weighted by molar-refractivity contribution is -0.0796. The highest BCUT2D eigenvalue weighted by Gasteiger charge is 2.27. The fourth-order valence-electron chi connectivity index (χ4n) is 2.82. The normalized spacial score (nSPS) is 15.2. The Kier molecular flexibility index (Phi) is 4.49. The van der Waals surface area contributed by atoms with Crippen LogP contribution < -0.4 is 15.5 Å². The van der Waals surface area contributed by atoms with E-state index >= 15 is 0 Å². The van der Waals surface area contributed by atoms with Crippen molar-refractivity contribution in [2.45, 2.75) is 38.7 Å². The predicted octanol–water partition coefficient (Wildman–Crippen LogP) is 0.428. The van der Waals surface area contributed by atoms with Gasteiger partial charge in [-0.25, -0.2) is 0 Å². The molecular weight excluding hydrogens is 305 g/mol. The molecule has 0 atom stereocenters. The van der Waals surface area contributed by atoms with Crippen LogP contribution in [0, 0.1) is 0 Å². The first-order chi connectivity index (χ1) is 11.5. The number of ether oxygens (including phenoxy) is 2. The van der Waals surface area contributed by atoms with Gasteiger partial charge in [-0.2, -0.15) is 4.68 Å². The van der Waals surface area contributed by atoms with Crippen molar-refractivity contribution in [2.24, 2.45) is 0 Å². The molecule has 1 aromatic heterocycles. The standard InChI is InChI=1S/C16H24BN5O2/c1-5-16(2,3)11-6-13(22-15(18-4)19-20-21-22)14(7-12(11)17)24-10-8-23-9-10/h6-7,10H,5,8-9,17H2,1-4H3,(H,18,19,21). The molecule has 0 spiro atoms. The van der Waals surface area contributed by atoms with Gasteiger partial charge in [-0.05, 0) is 40.0 Å². The highest BCUT2D eigenvalue weighted by molar-refractivity contribution is 6.33. The van der Waals surface area contributed by atoms with E-state index in [1.807, 2.05) is 0 Å². The molecule has 7 nitrogen and oxygen atoms in total. The number of anilines is 1. The molecule has 0 aliphatic carbocycles. The van der Waals surface area contributed by atoms with E-state index in [1.54, 1.807) is 11.7 Å². The molecule has 0 unspecified atom stereocenters. The Balaban J connectivity index is 2.12. The van der Waals surface area contributed by atoms with Crippen molar-refractivity contribution in [3.63, 3.8) is 0 Å². The first kappa shape index (κ1) is 16.8. The van der Waals surface area contributed by atoms with Crippen molar-refractivity contribution in [1.29, 1.82) is 0 Å². The monoisotopic (exact) mass is 329 g/mol. The summed E-state index contributed by atoms with van der Waals surface area (Å²) in [6.45, 7) is 7.94. The van der Waals surface area contributed by atoms with E-state index in [0.717, 1.165) is 17.9 Å². The van der Waals surface area contributed by atoms with Gasteiger partial charge in [0, 0.05) is 7.05 Å². The van der Waals surface area contributed by atoms with Gasteiger partial charge in [-0.3, -0.25) is 0 Å². The van der Waals surface area contributed by atoms with E-state index in [9.17, 15) is 0 Å². The van der Waals surface area contributed by atoms with Crippen LogP contribution in [0.3, 0.4) is 0 Å². The van der Waals surface area contributed by atoms with Gasteiger partial charge in [0.25, 0.3) is 0 Å². The molecule has 0 radical (unpaired) electrons. The van der Waals surface area contributed by atoms with E-state index in [-0.39, 0.29) is 11.5 Å². The molecule has 8 heteroatoms. The smallest absolute Gasteiger partial charge is 0.247 e. The maximum absolute atomic E-state index is 6.12. The summed E-state index contributed by atoms with van der Waals surface area (Å²) in [5, 5.41) is 14.9. The van der Waals surface area contributed by atoms with E-state index in [1.165, 1.54) is 11.0 Å². The summed E-state index contributed by atoms with van der Waals surface area (Å²) in [5.74, 6) is 1.36. The first-order valence-electron chi connectivity index (χ1n) is 8.32. The van der Waals surface area contributed by atoms with Crippen LogP contribution in [0.2, 0.25) is 0 Å². The van der Waals surface area contributed by atoms with Crippen LogP contribution in [0.15, 0.2) is 12.1 Å². The lowest BCUT2D eigenvalue weighted by atomic mass is 9.74. The number of tetrazole rings is 1. The zero-order valence-corrected chi connectivity index (χ0v) is 15.0. The Hall–Kier alpha value is -2.09. The molecule has 1 aromatic carbocycles. The molecule has 1 fully saturated rings. The van der Waals surface area contributed by atoms with Crippen molar-refractivity contribution in [1.82, 2.24) is 20.2 Å².